The van der Waals surface area contributed by atoms with Gasteiger partial charge in [-0.2, -0.15) is 5.10 Å². The molecule has 5 rings (SSSR count). The smallest absolute Gasteiger partial charge is 0.227 e. The number of nitrogens with zero attached hydrogens (tertiary/aromatic N) is 5. The summed E-state index contributed by atoms with van der Waals surface area (Å²) in [6.07, 6.45) is 7.08. The van der Waals surface area contributed by atoms with E-state index in [0.717, 1.165) is 54.4 Å². The summed E-state index contributed by atoms with van der Waals surface area (Å²) < 4.78 is 0. The third kappa shape index (κ3) is 3.85. The minimum atomic E-state index is 0.542. The van der Waals surface area contributed by atoms with Crippen molar-refractivity contribution in [2.24, 2.45) is 0 Å². The van der Waals surface area contributed by atoms with E-state index in [-0.39, 0.29) is 0 Å². The van der Waals surface area contributed by atoms with Crippen LogP contribution in [0.4, 0.5) is 17.3 Å². The first-order valence-corrected chi connectivity index (χ1v) is 9.97. The fourth-order valence-corrected chi connectivity index (χ4v) is 3.59. The Bertz CT molecular complexity index is 1100. The molecule has 0 aliphatic carbocycles. The summed E-state index contributed by atoms with van der Waals surface area (Å²) >= 11 is 0. The molecule has 150 valence electrons. The topological polar surface area (TPSA) is 94.6 Å². The van der Waals surface area contributed by atoms with Gasteiger partial charge in [0.1, 0.15) is 0 Å². The third-order valence-corrected chi connectivity index (χ3v) is 5.13. The van der Waals surface area contributed by atoms with Gasteiger partial charge < -0.3 is 15.5 Å². The molecule has 3 N–H and O–H groups in total. The van der Waals surface area contributed by atoms with E-state index in [4.69, 9.17) is 0 Å². The Balaban J connectivity index is 1.36. The Hall–Kier alpha value is -3.78. The van der Waals surface area contributed by atoms with Gasteiger partial charge in [-0.05, 0) is 42.5 Å². The highest BCUT2D eigenvalue weighted by atomic mass is 15.2. The van der Waals surface area contributed by atoms with Crippen LogP contribution in [0, 0.1) is 0 Å². The Morgan fingerprint density at radius 1 is 0.933 bits per heavy atom. The molecular formula is C22H22N8. The number of rotatable bonds is 5. The predicted molar refractivity (Wildman–Crippen MR) is 118 cm³/mol. The van der Waals surface area contributed by atoms with Gasteiger partial charge in [-0.25, -0.2) is 9.97 Å². The fraction of sp³-hybridized carbons (Fsp3) is 0.182. The molecule has 8 nitrogen and oxygen atoms in total. The summed E-state index contributed by atoms with van der Waals surface area (Å²) in [6, 6.07) is 14.2. The van der Waals surface area contributed by atoms with E-state index in [9.17, 15) is 0 Å². The fourth-order valence-electron chi connectivity index (χ4n) is 3.59. The molecule has 0 unspecified atom stereocenters. The molecule has 30 heavy (non-hydrogen) atoms. The first-order chi connectivity index (χ1) is 14.9. The number of aromatic amines is 1. The molecule has 1 aliphatic heterocycles. The highest BCUT2D eigenvalue weighted by Crippen LogP contribution is 2.29. The second kappa shape index (κ2) is 8.30. The maximum Gasteiger partial charge on any atom is 0.227 e. The van der Waals surface area contributed by atoms with Crippen molar-refractivity contribution in [2.75, 3.05) is 36.4 Å². The summed E-state index contributed by atoms with van der Waals surface area (Å²) in [7, 11) is 0. The lowest BCUT2D eigenvalue weighted by molar-refractivity contribution is 0.589. The molecule has 0 bridgehead atoms. The van der Waals surface area contributed by atoms with E-state index in [2.05, 4.69) is 64.9 Å². The quantitative estimate of drug-likeness (QED) is 0.475. The molecule has 8 heteroatoms. The summed E-state index contributed by atoms with van der Waals surface area (Å²) in [5, 5.41) is 13.9. The molecule has 0 amide bonds. The van der Waals surface area contributed by atoms with Crippen molar-refractivity contribution in [3.63, 3.8) is 0 Å². The van der Waals surface area contributed by atoms with Gasteiger partial charge in [-0.15, -0.1) is 0 Å². The maximum absolute atomic E-state index is 4.69. The van der Waals surface area contributed by atoms with Crippen LogP contribution in [0.15, 0.2) is 67.3 Å². The van der Waals surface area contributed by atoms with Gasteiger partial charge in [0, 0.05) is 67.3 Å². The van der Waals surface area contributed by atoms with E-state index < -0.39 is 0 Å². The van der Waals surface area contributed by atoms with Crippen LogP contribution in [0.5, 0.6) is 0 Å². The lowest BCUT2D eigenvalue weighted by Crippen LogP contribution is -2.43. The molecule has 1 aromatic carbocycles. The van der Waals surface area contributed by atoms with Crippen LogP contribution in [0.3, 0.4) is 0 Å². The van der Waals surface area contributed by atoms with Gasteiger partial charge in [0.25, 0.3) is 0 Å². The molecule has 1 fully saturated rings. The third-order valence-electron chi connectivity index (χ3n) is 5.13. The largest absolute Gasteiger partial charge is 0.369 e. The van der Waals surface area contributed by atoms with Gasteiger partial charge in [-0.1, -0.05) is 0 Å². The monoisotopic (exact) mass is 398 g/mol. The molecule has 0 radical (unpaired) electrons. The van der Waals surface area contributed by atoms with Gasteiger partial charge in [0.05, 0.1) is 17.6 Å². The van der Waals surface area contributed by atoms with Crippen LogP contribution < -0.4 is 15.5 Å². The van der Waals surface area contributed by atoms with Crippen LogP contribution in [-0.4, -0.2) is 51.3 Å². The number of benzene rings is 1. The Morgan fingerprint density at radius 3 is 2.60 bits per heavy atom. The van der Waals surface area contributed by atoms with E-state index in [1.165, 1.54) is 5.69 Å². The summed E-state index contributed by atoms with van der Waals surface area (Å²) in [4.78, 5) is 15.6. The van der Waals surface area contributed by atoms with Gasteiger partial charge in [0.2, 0.25) is 5.95 Å². The van der Waals surface area contributed by atoms with Gasteiger partial charge in [0.15, 0.2) is 0 Å². The molecule has 1 saturated heterocycles. The van der Waals surface area contributed by atoms with E-state index >= 15 is 0 Å². The van der Waals surface area contributed by atoms with Crippen molar-refractivity contribution < 1.29 is 0 Å². The number of aromatic nitrogens is 5. The number of nitrogens with one attached hydrogen (secondary N) is 3. The van der Waals surface area contributed by atoms with Gasteiger partial charge in [-0.3, -0.25) is 10.1 Å². The second-order valence-electron chi connectivity index (χ2n) is 7.07. The SMILES string of the molecule is c1cncc(-c2[nH]ncc2-c2ccnc(Nc3ccc(N4CCNCC4)cc3)n2)c1. The van der Waals surface area contributed by atoms with Crippen LogP contribution in [-0.2, 0) is 0 Å². The minimum Gasteiger partial charge on any atom is -0.369 e. The highest BCUT2D eigenvalue weighted by molar-refractivity contribution is 5.78. The van der Waals surface area contributed by atoms with Crippen molar-refractivity contribution in [2.45, 2.75) is 0 Å². The van der Waals surface area contributed by atoms with E-state index in [0.29, 0.717) is 5.95 Å². The van der Waals surface area contributed by atoms with Crippen molar-refractivity contribution in [3.05, 3.63) is 67.3 Å². The highest BCUT2D eigenvalue weighted by Gasteiger charge is 2.13. The number of pyridine rings is 1. The Morgan fingerprint density at radius 2 is 1.80 bits per heavy atom. The molecule has 0 atom stereocenters. The second-order valence-corrected chi connectivity index (χ2v) is 7.07. The molecule has 4 aromatic rings. The summed E-state index contributed by atoms with van der Waals surface area (Å²) in [5.41, 5.74) is 5.72. The molecule has 3 aromatic heterocycles. The van der Waals surface area contributed by atoms with Gasteiger partial charge >= 0.3 is 0 Å². The van der Waals surface area contributed by atoms with E-state index in [1.54, 1.807) is 24.8 Å². The number of H-pyrrole nitrogens is 1. The summed E-state index contributed by atoms with van der Waals surface area (Å²) in [6.45, 7) is 4.11. The Kier molecular flexibility index (Phi) is 5.05. The van der Waals surface area contributed by atoms with E-state index in [1.807, 2.05) is 18.2 Å². The number of anilines is 3. The molecular weight excluding hydrogens is 376 g/mol. The Labute approximate surface area is 174 Å². The first-order valence-electron chi connectivity index (χ1n) is 9.97. The lowest BCUT2D eigenvalue weighted by Gasteiger charge is -2.29. The van der Waals surface area contributed by atoms with Crippen LogP contribution in [0.25, 0.3) is 22.5 Å². The standard InChI is InChI=1S/C22H22N8/c1-2-16(14-24-8-1)21-19(15-26-29-21)20-7-9-25-22(28-20)27-17-3-5-18(6-4-17)30-12-10-23-11-13-30/h1-9,14-15,23H,10-13H2,(H,26,29)(H,25,27,28). The maximum atomic E-state index is 4.69. The number of hydrogen-bond acceptors (Lipinski definition) is 7. The van der Waals surface area contributed by atoms with Crippen molar-refractivity contribution in [1.29, 1.82) is 0 Å². The lowest BCUT2D eigenvalue weighted by atomic mass is 10.1. The zero-order valence-corrected chi connectivity index (χ0v) is 16.4. The molecule has 1 aliphatic rings. The first kappa shape index (κ1) is 18.3. The normalized spacial score (nSPS) is 13.9. The van der Waals surface area contributed by atoms with Crippen molar-refractivity contribution in [1.82, 2.24) is 30.5 Å². The average Bonchev–Trinajstić information content (AvgIpc) is 3.31. The number of piperazine rings is 1. The number of hydrogen-bond donors (Lipinski definition) is 3. The van der Waals surface area contributed by atoms with Crippen molar-refractivity contribution >= 4 is 17.3 Å². The zero-order chi connectivity index (χ0) is 20.2. The predicted octanol–water partition coefficient (Wildman–Crippen LogP) is 3.08. The zero-order valence-electron chi connectivity index (χ0n) is 16.4. The summed E-state index contributed by atoms with van der Waals surface area (Å²) in [5.74, 6) is 0.542. The molecule has 4 heterocycles. The average molecular weight is 398 g/mol. The van der Waals surface area contributed by atoms with Crippen LogP contribution in [0.1, 0.15) is 0 Å². The minimum absolute atomic E-state index is 0.542. The molecule has 0 spiro atoms. The molecule has 0 saturated carbocycles. The van der Waals surface area contributed by atoms with Crippen molar-refractivity contribution in [3.8, 4) is 22.5 Å². The van der Waals surface area contributed by atoms with Crippen LogP contribution in [0.2, 0.25) is 0 Å². The van der Waals surface area contributed by atoms with Crippen LogP contribution >= 0.6 is 0 Å².